The molecule has 1 saturated heterocycles. The van der Waals surface area contributed by atoms with Crippen molar-refractivity contribution in [2.45, 2.75) is 6.92 Å². The maximum absolute atomic E-state index is 13.2. The Morgan fingerprint density at radius 3 is 2.54 bits per heavy atom. The summed E-state index contributed by atoms with van der Waals surface area (Å²) >= 11 is 2.69. The number of methoxy groups -OCH3 is 1. The summed E-state index contributed by atoms with van der Waals surface area (Å²) in [6.07, 6.45) is 1.83. The average molecular weight is 409 g/mol. The van der Waals surface area contributed by atoms with Gasteiger partial charge in [-0.1, -0.05) is 47.7 Å². The average Bonchev–Trinajstić information content (AvgIpc) is 3.26. The van der Waals surface area contributed by atoms with Gasteiger partial charge < -0.3 is 4.74 Å². The molecule has 2 heterocycles. The van der Waals surface area contributed by atoms with Gasteiger partial charge >= 0.3 is 0 Å². The number of rotatable bonds is 4. The lowest BCUT2D eigenvalue weighted by atomic mass is 10.2. The number of hydrogen-bond donors (Lipinski definition) is 0. The van der Waals surface area contributed by atoms with Crippen LogP contribution in [0.25, 0.3) is 6.08 Å². The Morgan fingerprint density at radius 2 is 1.82 bits per heavy atom. The number of para-hydroxylation sites is 2. The monoisotopic (exact) mass is 408 g/mol. The van der Waals surface area contributed by atoms with E-state index in [1.165, 1.54) is 23.1 Å². The topological polar surface area (TPSA) is 67.7 Å². The molecule has 28 heavy (non-hydrogen) atoms. The van der Waals surface area contributed by atoms with E-state index in [0.717, 1.165) is 16.3 Å². The molecule has 0 aliphatic carbocycles. The van der Waals surface area contributed by atoms with Gasteiger partial charge in [0.2, 0.25) is 5.13 Å². The number of carbonyl (C=O) groups excluding carboxylic acids is 1. The molecule has 0 bridgehead atoms. The molecule has 0 unspecified atom stereocenters. The molecule has 1 aromatic heterocycles. The first kappa shape index (κ1) is 18.4. The van der Waals surface area contributed by atoms with Gasteiger partial charge in [0.25, 0.3) is 5.91 Å². The van der Waals surface area contributed by atoms with E-state index in [4.69, 9.17) is 4.74 Å². The fourth-order valence-electron chi connectivity index (χ4n) is 2.69. The summed E-state index contributed by atoms with van der Waals surface area (Å²) in [5.41, 5.74) is 1.59. The molecule has 8 heteroatoms. The van der Waals surface area contributed by atoms with Gasteiger partial charge in [0.15, 0.2) is 5.17 Å². The third kappa shape index (κ3) is 3.69. The molecule has 3 aromatic rings. The van der Waals surface area contributed by atoms with Crippen LogP contribution in [-0.4, -0.2) is 28.4 Å². The highest BCUT2D eigenvalue weighted by Gasteiger charge is 2.35. The Morgan fingerprint density at radius 1 is 1.07 bits per heavy atom. The van der Waals surface area contributed by atoms with Crippen LogP contribution in [0.15, 0.2) is 64.5 Å². The minimum absolute atomic E-state index is 0.137. The molecule has 1 aliphatic heterocycles. The van der Waals surface area contributed by atoms with Crippen LogP contribution >= 0.6 is 23.1 Å². The summed E-state index contributed by atoms with van der Waals surface area (Å²) in [7, 11) is 1.61. The zero-order chi connectivity index (χ0) is 19.5. The number of benzene rings is 2. The van der Waals surface area contributed by atoms with Gasteiger partial charge in [0.05, 0.1) is 17.7 Å². The molecular weight excluding hydrogens is 392 g/mol. The predicted octanol–water partition coefficient (Wildman–Crippen LogP) is 4.66. The van der Waals surface area contributed by atoms with E-state index < -0.39 is 0 Å². The van der Waals surface area contributed by atoms with Gasteiger partial charge in [-0.25, -0.2) is 0 Å². The first-order chi connectivity index (χ1) is 13.7. The molecule has 1 fully saturated rings. The number of aromatic nitrogens is 2. The van der Waals surface area contributed by atoms with Gasteiger partial charge in [-0.05, 0) is 43.0 Å². The number of aryl methyl sites for hydroxylation is 1. The van der Waals surface area contributed by atoms with Crippen molar-refractivity contribution in [2.24, 2.45) is 4.99 Å². The minimum Gasteiger partial charge on any atom is -0.496 e. The first-order valence-corrected chi connectivity index (χ1v) is 10.1. The van der Waals surface area contributed by atoms with Crippen molar-refractivity contribution in [1.29, 1.82) is 0 Å². The summed E-state index contributed by atoms with van der Waals surface area (Å²) in [6.45, 7) is 1.87. The number of amides is 1. The Kier molecular flexibility index (Phi) is 5.23. The van der Waals surface area contributed by atoms with Crippen LogP contribution in [0.5, 0.6) is 5.75 Å². The molecule has 140 valence electrons. The van der Waals surface area contributed by atoms with Crippen LogP contribution in [0.4, 0.5) is 10.8 Å². The van der Waals surface area contributed by atoms with Gasteiger partial charge in [0.1, 0.15) is 10.8 Å². The van der Waals surface area contributed by atoms with E-state index in [1.807, 2.05) is 67.6 Å². The lowest BCUT2D eigenvalue weighted by Gasteiger charge is -2.14. The molecule has 1 amide bonds. The maximum Gasteiger partial charge on any atom is 0.271 e. The highest BCUT2D eigenvalue weighted by molar-refractivity contribution is 8.19. The van der Waals surface area contributed by atoms with Crippen molar-refractivity contribution in [3.63, 3.8) is 0 Å². The van der Waals surface area contributed by atoms with Crippen molar-refractivity contribution in [3.8, 4) is 5.75 Å². The summed E-state index contributed by atoms with van der Waals surface area (Å²) in [4.78, 5) is 19.9. The summed E-state index contributed by atoms with van der Waals surface area (Å²) in [6, 6.07) is 17.0. The third-order valence-electron chi connectivity index (χ3n) is 3.95. The van der Waals surface area contributed by atoms with Crippen LogP contribution in [0, 0.1) is 6.92 Å². The normalized spacial score (nSPS) is 16.9. The second kappa shape index (κ2) is 7.95. The molecule has 2 aromatic carbocycles. The number of amidine groups is 1. The standard InChI is InChI=1S/C20H16N4O2S2/c1-13-22-23-19(27-13)21-20-24(15-9-4-3-5-10-15)18(25)17(28-20)12-14-8-6-7-11-16(14)26-2/h3-12H,1-2H3/b17-12-,21-20+. The van der Waals surface area contributed by atoms with Crippen LogP contribution in [0.3, 0.4) is 0 Å². The number of ether oxygens (including phenoxy) is 1. The Balaban J connectivity index is 1.78. The Bertz CT molecular complexity index is 1080. The van der Waals surface area contributed by atoms with Crippen molar-refractivity contribution in [3.05, 3.63) is 70.1 Å². The van der Waals surface area contributed by atoms with Crippen molar-refractivity contribution >= 4 is 51.1 Å². The summed E-state index contributed by atoms with van der Waals surface area (Å²) in [5, 5.41) is 9.96. The maximum atomic E-state index is 13.2. The SMILES string of the molecule is COc1ccccc1/C=C1\S/C(=N/c2nnc(C)s2)N(c2ccccc2)C1=O. The summed E-state index contributed by atoms with van der Waals surface area (Å²) < 4.78 is 5.40. The molecule has 0 radical (unpaired) electrons. The molecule has 0 spiro atoms. The fraction of sp³-hybridized carbons (Fsp3) is 0.100. The number of nitrogens with zero attached hydrogens (tertiary/aromatic N) is 4. The van der Waals surface area contributed by atoms with Crippen molar-refractivity contribution in [2.75, 3.05) is 12.0 Å². The van der Waals surface area contributed by atoms with E-state index in [-0.39, 0.29) is 5.91 Å². The minimum atomic E-state index is -0.137. The van der Waals surface area contributed by atoms with Crippen LogP contribution < -0.4 is 9.64 Å². The second-order valence-corrected chi connectivity index (χ2v) is 8.00. The van der Waals surface area contributed by atoms with Crippen molar-refractivity contribution < 1.29 is 9.53 Å². The van der Waals surface area contributed by atoms with Gasteiger partial charge in [-0.2, -0.15) is 4.99 Å². The van der Waals surface area contributed by atoms with Crippen LogP contribution in [0.1, 0.15) is 10.6 Å². The molecule has 0 N–H and O–H groups in total. The van der Waals surface area contributed by atoms with Crippen LogP contribution in [-0.2, 0) is 4.79 Å². The lowest BCUT2D eigenvalue weighted by Crippen LogP contribution is -2.28. The zero-order valence-electron chi connectivity index (χ0n) is 15.2. The zero-order valence-corrected chi connectivity index (χ0v) is 16.8. The highest BCUT2D eigenvalue weighted by atomic mass is 32.2. The highest BCUT2D eigenvalue weighted by Crippen LogP contribution is 2.38. The van der Waals surface area contributed by atoms with E-state index >= 15 is 0 Å². The van der Waals surface area contributed by atoms with E-state index in [9.17, 15) is 4.79 Å². The molecule has 4 rings (SSSR count). The Labute approximate surface area is 170 Å². The quantitative estimate of drug-likeness (QED) is 0.587. The second-order valence-electron chi connectivity index (χ2n) is 5.83. The number of carbonyl (C=O) groups is 1. The molecule has 6 nitrogen and oxygen atoms in total. The first-order valence-electron chi connectivity index (χ1n) is 8.46. The molecule has 0 saturated carbocycles. The predicted molar refractivity (Wildman–Crippen MR) is 114 cm³/mol. The van der Waals surface area contributed by atoms with E-state index in [2.05, 4.69) is 15.2 Å². The Hall–Kier alpha value is -2.97. The third-order valence-corrected chi connectivity index (χ3v) is 5.65. The molecule has 1 aliphatic rings. The fourth-order valence-corrected chi connectivity index (χ4v) is 4.28. The number of aliphatic imine (C=N–C) groups is 1. The molecular formula is C20H16N4O2S2. The molecule has 0 atom stereocenters. The van der Waals surface area contributed by atoms with E-state index in [0.29, 0.717) is 21.0 Å². The van der Waals surface area contributed by atoms with Gasteiger partial charge in [-0.3, -0.25) is 9.69 Å². The number of hydrogen-bond acceptors (Lipinski definition) is 7. The van der Waals surface area contributed by atoms with Crippen molar-refractivity contribution in [1.82, 2.24) is 10.2 Å². The number of thioether (sulfide) groups is 1. The van der Waals surface area contributed by atoms with Gasteiger partial charge in [-0.15, -0.1) is 10.2 Å². The smallest absolute Gasteiger partial charge is 0.271 e. The lowest BCUT2D eigenvalue weighted by molar-refractivity contribution is -0.113. The summed E-state index contributed by atoms with van der Waals surface area (Å²) in [5.74, 6) is 0.571. The largest absolute Gasteiger partial charge is 0.496 e. The van der Waals surface area contributed by atoms with Gasteiger partial charge in [0, 0.05) is 5.56 Å². The van der Waals surface area contributed by atoms with E-state index in [1.54, 1.807) is 12.0 Å². The number of anilines is 1. The van der Waals surface area contributed by atoms with Crippen LogP contribution in [0.2, 0.25) is 0 Å².